The molecule has 0 aliphatic heterocycles. The first kappa shape index (κ1) is 18.6. The van der Waals surface area contributed by atoms with Crippen molar-refractivity contribution in [2.24, 2.45) is 5.92 Å². The van der Waals surface area contributed by atoms with Crippen molar-refractivity contribution in [1.29, 1.82) is 0 Å². The highest BCUT2D eigenvalue weighted by atomic mass is 32.1. The molecule has 1 aromatic heterocycles. The molecule has 0 amide bonds. The minimum atomic E-state index is -2.06. The molecule has 2 atom stereocenters. The molecule has 22 heavy (non-hydrogen) atoms. The van der Waals surface area contributed by atoms with Crippen molar-refractivity contribution in [2.45, 2.75) is 20.8 Å². The highest BCUT2D eigenvalue weighted by Gasteiger charge is 2.17. The predicted octanol–water partition coefficient (Wildman–Crippen LogP) is 4.98. The summed E-state index contributed by atoms with van der Waals surface area (Å²) in [5.74, 6) is -0.504. The lowest BCUT2D eigenvalue weighted by atomic mass is 9.92. The molecule has 1 aromatic rings. The Bertz CT molecular complexity index is 614. The van der Waals surface area contributed by atoms with Crippen molar-refractivity contribution in [3.05, 3.63) is 57.6 Å². The largest absolute Gasteiger partial charge is 0.477 e. The van der Waals surface area contributed by atoms with E-state index in [1.165, 1.54) is 11.3 Å². The Balaban J connectivity index is 0.000000255. The molecule has 2 rings (SSSR count). The number of aromatic carboxylic acids is 1. The molecular formula is C16H21O4PS. The van der Waals surface area contributed by atoms with Gasteiger partial charge in [-0.05, 0) is 42.4 Å². The van der Waals surface area contributed by atoms with Gasteiger partial charge in [-0.3, -0.25) is 4.57 Å². The molecule has 0 saturated carbocycles. The number of hydrogen-bond acceptors (Lipinski definition) is 4. The van der Waals surface area contributed by atoms with Crippen LogP contribution in [0.5, 0.6) is 0 Å². The summed E-state index contributed by atoms with van der Waals surface area (Å²) in [6.07, 6.45) is 3.93. The third-order valence-electron chi connectivity index (χ3n) is 3.21. The van der Waals surface area contributed by atoms with Crippen LogP contribution in [0.3, 0.4) is 0 Å². The fourth-order valence-corrected chi connectivity index (χ4v) is 3.50. The summed E-state index contributed by atoms with van der Waals surface area (Å²) in [4.78, 5) is 10.5. The van der Waals surface area contributed by atoms with Crippen molar-refractivity contribution < 1.29 is 19.0 Å². The van der Waals surface area contributed by atoms with Crippen LogP contribution >= 0.6 is 19.4 Å². The van der Waals surface area contributed by atoms with Crippen molar-refractivity contribution in [2.75, 3.05) is 6.61 Å². The van der Waals surface area contributed by atoms with E-state index in [0.717, 1.165) is 16.5 Å². The number of carboxylic acids is 1. The molecule has 1 aliphatic rings. The lowest BCUT2D eigenvalue weighted by molar-refractivity contribution is 0.0702. The van der Waals surface area contributed by atoms with Crippen LogP contribution in [-0.2, 0) is 9.09 Å². The van der Waals surface area contributed by atoms with Crippen LogP contribution < -0.4 is 0 Å². The van der Waals surface area contributed by atoms with Gasteiger partial charge in [-0.2, -0.15) is 0 Å². The van der Waals surface area contributed by atoms with Gasteiger partial charge in [0.2, 0.25) is 8.03 Å². The molecule has 4 nitrogen and oxygen atoms in total. The van der Waals surface area contributed by atoms with E-state index in [4.69, 9.17) is 9.63 Å². The van der Waals surface area contributed by atoms with Gasteiger partial charge in [-0.15, -0.1) is 11.3 Å². The summed E-state index contributed by atoms with van der Waals surface area (Å²) in [7, 11) is -2.06. The molecule has 1 N–H and O–H groups in total. The van der Waals surface area contributed by atoms with Gasteiger partial charge in [0, 0.05) is 5.31 Å². The standard InChI is InChI=1S/C11H17O2P.C5H4O2S/c1-5-13-14(12)11-7-6-8(2)9(3)10(11)4;6-5(7)4-2-1-3-8-4/h6-8,14H,3,5H2,1-2,4H3;1-3H,(H,6,7). The lowest BCUT2D eigenvalue weighted by Crippen LogP contribution is -2.02. The van der Waals surface area contributed by atoms with Crippen molar-refractivity contribution >= 4 is 25.3 Å². The predicted molar refractivity (Wildman–Crippen MR) is 92.0 cm³/mol. The molecule has 1 aliphatic carbocycles. The van der Waals surface area contributed by atoms with Gasteiger partial charge in [0.25, 0.3) is 0 Å². The summed E-state index contributed by atoms with van der Waals surface area (Å²) < 4.78 is 16.8. The Morgan fingerprint density at radius 2 is 2.23 bits per heavy atom. The van der Waals surface area contributed by atoms with E-state index in [1.807, 2.05) is 26.0 Å². The van der Waals surface area contributed by atoms with E-state index < -0.39 is 14.0 Å². The van der Waals surface area contributed by atoms with Crippen LogP contribution in [0.15, 0.2) is 52.7 Å². The number of allylic oxidation sites excluding steroid dienone is 5. The van der Waals surface area contributed by atoms with Crippen LogP contribution in [0.4, 0.5) is 0 Å². The Morgan fingerprint density at radius 1 is 1.55 bits per heavy atom. The maximum Gasteiger partial charge on any atom is 0.345 e. The molecule has 6 heteroatoms. The van der Waals surface area contributed by atoms with Gasteiger partial charge in [-0.25, -0.2) is 4.79 Å². The number of thiophene rings is 1. The van der Waals surface area contributed by atoms with Crippen LogP contribution in [-0.4, -0.2) is 17.7 Å². The Labute approximate surface area is 135 Å². The minimum Gasteiger partial charge on any atom is -0.477 e. The first-order valence-electron chi connectivity index (χ1n) is 6.90. The zero-order valence-corrected chi connectivity index (χ0v) is 14.8. The van der Waals surface area contributed by atoms with Crippen LogP contribution in [0.1, 0.15) is 30.4 Å². The average Bonchev–Trinajstić information content (AvgIpc) is 3.00. The van der Waals surface area contributed by atoms with Crippen molar-refractivity contribution in [3.8, 4) is 0 Å². The van der Waals surface area contributed by atoms with Crippen LogP contribution in [0.2, 0.25) is 0 Å². The summed E-state index contributed by atoms with van der Waals surface area (Å²) in [5, 5.41) is 10.8. The topological polar surface area (TPSA) is 63.6 Å². The normalized spacial score (nSPS) is 18.7. The smallest absolute Gasteiger partial charge is 0.345 e. The van der Waals surface area contributed by atoms with E-state index in [0.29, 0.717) is 17.4 Å². The van der Waals surface area contributed by atoms with Gasteiger partial charge in [0.15, 0.2) is 0 Å². The monoisotopic (exact) mass is 340 g/mol. The zero-order chi connectivity index (χ0) is 16.7. The van der Waals surface area contributed by atoms with Gasteiger partial charge < -0.3 is 9.63 Å². The summed E-state index contributed by atoms with van der Waals surface area (Å²) in [5.41, 5.74) is 2.07. The molecule has 0 spiro atoms. The van der Waals surface area contributed by atoms with Gasteiger partial charge in [0.1, 0.15) is 4.88 Å². The molecule has 0 aromatic carbocycles. The number of hydrogen-bond donors (Lipinski definition) is 1. The molecule has 0 bridgehead atoms. The van der Waals surface area contributed by atoms with E-state index in [2.05, 4.69) is 13.5 Å². The SMILES string of the molecule is C=C1C(C)=C([PH](=O)OCC)C=CC1C.O=C(O)c1cccs1. The molecule has 1 heterocycles. The number of carboxylic acid groups (broad SMARTS) is 1. The Hall–Kier alpha value is -1.42. The molecular weight excluding hydrogens is 319 g/mol. The lowest BCUT2D eigenvalue weighted by Gasteiger charge is -2.19. The minimum absolute atomic E-state index is 0.343. The van der Waals surface area contributed by atoms with Gasteiger partial charge >= 0.3 is 5.97 Å². The van der Waals surface area contributed by atoms with Crippen molar-refractivity contribution in [1.82, 2.24) is 0 Å². The molecule has 0 saturated heterocycles. The van der Waals surface area contributed by atoms with E-state index in [-0.39, 0.29) is 0 Å². The Morgan fingerprint density at radius 3 is 2.68 bits per heavy atom. The number of rotatable bonds is 4. The third kappa shape index (κ3) is 5.09. The maximum atomic E-state index is 11.7. The quantitative estimate of drug-likeness (QED) is 0.785. The third-order valence-corrected chi connectivity index (χ3v) is 5.60. The first-order valence-corrected chi connectivity index (χ1v) is 9.10. The van der Waals surface area contributed by atoms with Crippen molar-refractivity contribution in [3.63, 3.8) is 0 Å². The highest BCUT2D eigenvalue weighted by molar-refractivity contribution is 7.44. The maximum absolute atomic E-state index is 11.7. The second-order valence-corrected chi connectivity index (χ2v) is 7.06. The average molecular weight is 340 g/mol. The summed E-state index contributed by atoms with van der Waals surface area (Å²) in [6.45, 7) is 10.4. The van der Waals surface area contributed by atoms with Gasteiger partial charge in [0.05, 0.1) is 6.61 Å². The Kier molecular flexibility index (Phi) is 7.52. The molecule has 120 valence electrons. The van der Waals surface area contributed by atoms with E-state index >= 15 is 0 Å². The fourth-order valence-electron chi connectivity index (χ4n) is 1.83. The fraction of sp³-hybridized carbons (Fsp3) is 0.312. The zero-order valence-electron chi connectivity index (χ0n) is 13.0. The van der Waals surface area contributed by atoms with E-state index in [1.54, 1.807) is 17.5 Å². The molecule has 2 unspecified atom stereocenters. The molecule has 0 radical (unpaired) electrons. The van der Waals surface area contributed by atoms with Crippen LogP contribution in [0.25, 0.3) is 0 Å². The van der Waals surface area contributed by atoms with Crippen LogP contribution in [0, 0.1) is 5.92 Å². The van der Waals surface area contributed by atoms with Gasteiger partial charge in [-0.1, -0.05) is 31.7 Å². The second kappa shape index (κ2) is 8.89. The second-order valence-electron chi connectivity index (χ2n) is 4.71. The summed E-state index contributed by atoms with van der Waals surface area (Å²) >= 11 is 1.23. The summed E-state index contributed by atoms with van der Waals surface area (Å²) in [6, 6.07) is 3.29. The highest BCUT2D eigenvalue weighted by Crippen LogP contribution is 2.42. The van der Waals surface area contributed by atoms with E-state index in [9.17, 15) is 9.36 Å². The number of carbonyl (C=O) groups is 1. The molecule has 0 fully saturated rings. The first-order chi connectivity index (χ1) is 10.4.